The fourth-order valence-electron chi connectivity index (χ4n) is 2.03. The molecule has 1 aromatic carbocycles. The van der Waals surface area contributed by atoms with Gasteiger partial charge in [-0.1, -0.05) is 6.07 Å². The molecule has 1 amide bonds. The smallest absolute Gasteiger partial charge is 0.253 e. The fourth-order valence-corrected chi connectivity index (χ4v) is 4.52. The molecule has 1 saturated heterocycles. The van der Waals surface area contributed by atoms with Crippen LogP contribution in [0.3, 0.4) is 0 Å². The molecule has 0 atom stereocenters. The molecule has 1 aliphatic heterocycles. The van der Waals surface area contributed by atoms with Gasteiger partial charge in [-0.2, -0.15) is 0 Å². The molecule has 0 aromatic heterocycles. The number of hydrogen-bond donors (Lipinski definition) is 0. The Kier molecular flexibility index (Phi) is 4.98. The van der Waals surface area contributed by atoms with E-state index in [1.165, 1.54) is 12.1 Å². The summed E-state index contributed by atoms with van der Waals surface area (Å²) in [5, 5.41) is 0. The minimum atomic E-state index is -3.68. The van der Waals surface area contributed by atoms with Gasteiger partial charge in [0.1, 0.15) is 0 Å². The van der Waals surface area contributed by atoms with E-state index in [1.54, 1.807) is 17.0 Å². The highest BCUT2D eigenvalue weighted by Crippen LogP contribution is 2.43. The Morgan fingerprint density at radius 3 is 2.30 bits per heavy atom. The van der Waals surface area contributed by atoms with Crippen LogP contribution in [0.2, 0.25) is 0 Å². The largest absolute Gasteiger partial charge is 0.339 e. The first-order chi connectivity index (χ1) is 9.23. The van der Waals surface area contributed by atoms with Crippen LogP contribution in [0.1, 0.15) is 23.2 Å². The van der Waals surface area contributed by atoms with E-state index in [0.717, 1.165) is 25.9 Å². The van der Waals surface area contributed by atoms with Gasteiger partial charge in [0, 0.05) is 18.7 Å². The molecule has 1 heterocycles. The summed E-state index contributed by atoms with van der Waals surface area (Å²) in [7, 11) is -3.68. The number of carbonyl (C=O) groups excluding carboxylic acids is 1. The minimum Gasteiger partial charge on any atom is -0.339 e. The summed E-state index contributed by atoms with van der Waals surface area (Å²) >= 11 is 9.04. The van der Waals surface area contributed by atoms with E-state index in [0.29, 0.717) is 5.56 Å². The van der Waals surface area contributed by atoms with E-state index in [9.17, 15) is 13.2 Å². The molecule has 0 N–H and O–H groups in total. The van der Waals surface area contributed by atoms with Gasteiger partial charge < -0.3 is 4.90 Å². The lowest BCUT2D eigenvalue weighted by Crippen LogP contribution is -2.28. The molecule has 110 valence electrons. The van der Waals surface area contributed by atoms with Crippen LogP contribution in [-0.4, -0.2) is 33.8 Å². The van der Waals surface area contributed by atoms with Crippen LogP contribution in [0.4, 0.5) is 0 Å². The molecular weight excluding hydrogens is 478 g/mol. The van der Waals surface area contributed by atoms with Gasteiger partial charge in [0.25, 0.3) is 5.91 Å². The molecule has 0 unspecified atom stereocenters. The van der Waals surface area contributed by atoms with Gasteiger partial charge in [0.2, 0.25) is 11.3 Å². The van der Waals surface area contributed by atoms with Crippen LogP contribution in [0.25, 0.3) is 0 Å². The topological polar surface area (TPSA) is 54.5 Å². The Morgan fingerprint density at radius 2 is 1.75 bits per heavy atom. The predicted molar refractivity (Wildman–Crippen MR) is 88.3 cm³/mol. The van der Waals surface area contributed by atoms with Crippen LogP contribution >= 0.6 is 47.8 Å². The molecule has 4 nitrogen and oxygen atoms in total. The SMILES string of the molecule is O=C(c1cccc(S(=O)(=O)C(Br)(Br)Br)c1)N1CCCC1. The van der Waals surface area contributed by atoms with Crippen LogP contribution in [0.5, 0.6) is 0 Å². The fraction of sp³-hybridized carbons (Fsp3) is 0.417. The first-order valence-electron chi connectivity index (χ1n) is 5.94. The molecule has 2 rings (SSSR count). The Hall–Kier alpha value is 0.0800. The molecule has 8 heteroatoms. The van der Waals surface area contributed by atoms with E-state index in [-0.39, 0.29) is 10.8 Å². The van der Waals surface area contributed by atoms with Gasteiger partial charge in [-0.3, -0.25) is 4.79 Å². The number of sulfone groups is 1. The average molecular weight is 490 g/mol. The number of alkyl halides is 3. The van der Waals surface area contributed by atoms with Crippen LogP contribution in [0, 0.1) is 0 Å². The zero-order chi connectivity index (χ0) is 15.0. The van der Waals surface area contributed by atoms with E-state index in [4.69, 9.17) is 0 Å². The predicted octanol–water partition coefficient (Wildman–Crippen LogP) is 3.49. The number of amides is 1. The van der Waals surface area contributed by atoms with Gasteiger partial charge in [-0.05, 0) is 78.8 Å². The van der Waals surface area contributed by atoms with Crippen molar-refractivity contribution in [3.63, 3.8) is 0 Å². The quantitative estimate of drug-likeness (QED) is 0.597. The second kappa shape index (κ2) is 6.06. The Balaban J connectivity index is 2.36. The molecule has 0 spiro atoms. The van der Waals surface area contributed by atoms with Crippen LogP contribution in [0.15, 0.2) is 29.2 Å². The molecule has 0 aliphatic carbocycles. The average Bonchev–Trinajstić information content (AvgIpc) is 2.90. The summed E-state index contributed by atoms with van der Waals surface area (Å²) < 4.78 is 23.1. The van der Waals surface area contributed by atoms with Crippen molar-refractivity contribution in [2.45, 2.75) is 19.2 Å². The van der Waals surface area contributed by atoms with Crippen molar-refractivity contribution in [3.05, 3.63) is 29.8 Å². The van der Waals surface area contributed by atoms with Crippen molar-refractivity contribution >= 4 is 63.5 Å². The Morgan fingerprint density at radius 1 is 1.15 bits per heavy atom. The molecule has 0 bridgehead atoms. The van der Waals surface area contributed by atoms with E-state index in [1.807, 2.05) is 0 Å². The van der Waals surface area contributed by atoms with Gasteiger partial charge in [0.15, 0.2) is 0 Å². The molecule has 20 heavy (non-hydrogen) atoms. The summed E-state index contributed by atoms with van der Waals surface area (Å²) in [6.45, 7) is 1.46. The maximum atomic E-state index is 12.3. The summed E-state index contributed by atoms with van der Waals surface area (Å²) in [6, 6.07) is 6.09. The minimum absolute atomic E-state index is 0.0770. The third-order valence-corrected chi connectivity index (χ3v) is 8.41. The van der Waals surface area contributed by atoms with Crippen molar-refractivity contribution in [1.82, 2.24) is 4.90 Å². The van der Waals surface area contributed by atoms with E-state index in [2.05, 4.69) is 47.8 Å². The third kappa shape index (κ3) is 3.28. The molecular formula is C12H12Br3NO3S. The summed E-state index contributed by atoms with van der Waals surface area (Å²) in [6.07, 6.45) is 1.99. The Labute approximate surface area is 143 Å². The number of nitrogens with zero attached hydrogens (tertiary/aromatic N) is 1. The van der Waals surface area contributed by atoms with Crippen LogP contribution < -0.4 is 0 Å². The molecule has 0 saturated carbocycles. The summed E-state index contributed by atoms with van der Waals surface area (Å²) in [5.41, 5.74) is 0.393. The molecule has 1 fully saturated rings. The second-order valence-corrected chi connectivity index (χ2v) is 14.9. The van der Waals surface area contributed by atoms with Gasteiger partial charge in [0.05, 0.1) is 4.90 Å². The lowest BCUT2D eigenvalue weighted by atomic mass is 10.2. The zero-order valence-corrected chi connectivity index (χ0v) is 15.9. The van der Waals surface area contributed by atoms with Crippen LogP contribution in [-0.2, 0) is 9.84 Å². The first-order valence-corrected chi connectivity index (χ1v) is 9.80. The number of likely N-dealkylation sites (tertiary alicyclic amines) is 1. The number of carbonyl (C=O) groups is 1. The highest BCUT2D eigenvalue weighted by atomic mass is 80.0. The maximum absolute atomic E-state index is 12.3. The number of hydrogen-bond acceptors (Lipinski definition) is 3. The van der Waals surface area contributed by atoms with Gasteiger partial charge >= 0.3 is 0 Å². The van der Waals surface area contributed by atoms with Gasteiger partial charge in [-0.15, -0.1) is 0 Å². The lowest BCUT2D eigenvalue weighted by molar-refractivity contribution is 0.0792. The van der Waals surface area contributed by atoms with Crippen molar-refractivity contribution < 1.29 is 13.2 Å². The highest BCUT2D eigenvalue weighted by Gasteiger charge is 2.37. The number of benzene rings is 1. The molecule has 1 aliphatic rings. The highest BCUT2D eigenvalue weighted by molar-refractivity contribution is 9.42. The second-order valence-electron chi connectivity index (χ2n) is 4.48. The van der Waals surface area contributed by atoms with Crippen molar-refractivity contribution in [2.24, 2.45) is 0 Å². The van der Waals surface area contributed by atoms with E-state index >= 15 is 0 Å². The summed E-state index contributed by atoms with van der Waals surface area (Å²) in [5.74, 6) is -0.121. The monoisotopic (exact) mass is 487 g/mol. The molecule has 1 aromatic rings. The number of halogens is 3. The van der Waals surface area contributed by atoms with Crippen molar-refractivity contribution in [2.75, 3.05) is 13.1 Å². The normalized spacial score (nSPS) is 16.4. The maximum Gasteiger partial charge on any atom is 0.253 e. The summed E-state index contributed by atoms with van der Waals surface area (Å²) in [4.78, 5) is 14.1. The third-order valence-electron chi connectivity index (χ3n) is 3.09. The first kappa shape index (κ1) is 16.5. The van der Waals surface area contributed by atoms with Crippen molar-refractivity contribution in [1.29, 1.82) is 0 Å². The standard InChI is InChI=1S/C12H12Br3NO3S/c13-12(14,15)20(18,19)10-5-3-4-9(8-10)11(17)16-6-1-2-7-16/h3-5,8H,1-2,6-7H2. The lowest BCUT2D eigenvalue weighted by Gasteiger charge is -2.17. The zero-order valence-electron chi connectivity index (χ0n) is 10.4. The Bertz CT molecular complexity index is 619. The van der Waals surface area contributed by atoms with Crippen molar-refractivity contribution in [3.8, 4) is 0 Å². The molecule has 0 radical (unpaired) electrons. The number of rotatable bonds is 2. The van der Waals surface area contributed by atoms with E-state index < -0.39 is 11.3 Å². The van der Waals surface area contributed by atoms with Gasteiger partial charge in [-0.25, -0.2) is 8.42 Å².